The second-order valence-corrected chi connectivity index (χ2v) is 5.43. The summed E-state index contributed by atoms with van der Waals surface area (Å²) in [6.07, 6.45) is 5.68. The van der Waals surface area contributed by atoms with Crippen LogP contribution in [-0.2, 0) is 4.79 Å². The quantitative estimate of drug-likeness (QED) is 0.787. The van der Waals surface area contributed by atoms with E-state index in [2.05, 4.69) is 5.32 Å². The molecule has 22 heavy (non-hydrogen) atoms. The van der Waals surface area contributed by atoms with E-state index in [1.165, 1.54) is 18.9 Å². The molecule has 1 aromatic carbocycles. The lowest BCUT2D eigenvalue weighted by Crippen LogP contribution is -2.32. The highest BCUT2D eigenvalue weighted by Crippen LogP contribution is 2.38. The summed E-state index contributed by atoms with van der Waals surface area (Å²) in [4.78, 5) is 11.9. The molecule has 2 rings (SSSR count). The maximum absolute atomic E-state index is 11.9. The summed E-state index contributed by atoms with van der Waals surface area (Å²) < 4.78 is 15.9. The Morgan fingerprint density at radius 2 is 1.77 bits per heavy atom. The normalized spacial score (nSPS) is 15.5. The maximum atomic E-state index is 11.9. The minimum atomic E-state index is -0.0897. The number of benzene rings is 1. The topological polar surface area (TPSA) is 56.8 Å². The van der Waals surface area contributed by atoms with E-state index in [4.69, 9.17) is 14.2 Å². The zero-order valence-electron chi connectivity index (χ0n) is 13.5. The van der Waals surface area contributed by atoms with Crippen LogP contribution in [0.2, 0.25) is 0 Å². The molecular weight excluding hydrogens is 282 g/mol. The molecule has 0 aliphatic heterocycles. The van der Waals surface area contributed by atoms with Gasteiger partial charge >= 0.3 is 0 Å². The van der Waals surface area contributed by atoms with Crippen molar-refractivity contribution in [1.29, 1.82) is 0 Å². The smallest absolute Gasteiger partial charge is 0.244 e. The van der Waals surface area contributed by atoms with Crippen LogP contribution in [0, 0.1) is 5.92 Å². The highest BCUT2D eigenvalue weighted by atomic mass is 16.5. The number of nitrogens with one attached hydrogen (secondary N) is 1. The van der Waals surface area contributed by atoms with Crippen LogP contribution in [0.25, 0.3) is 6.08 Å². The summed E-state index contributed by atoms with van der Waals surface area (Å²) in [6.45, 7) is 2.04. The number of ether oxygens (including phenoxy) is 3. The first-order valence-corrected chi connectivity index (χ1v) is 7.37. The van der Waals surface area contributed by atoms with E-state index in [0.29, 0.717) is 23.2 Å². The fraction of sp³-hybridized carbons (Fsp3) is 0.471. The van der Waals surface area contributed by atoms with Crippen LogP contribution in [0.1, 0.15) is 25.3 Å². The van der Waals surface area contributed by atoms with Crippen molar-refractivity contribution in [3.05, 3.63) is 23.8 Å². The predicted molar refractivity (Wildman–Crippen MR) is 85.5 cm³/mol. The molecule has 1 N–H and O–H groups in total. The first-order valence-electron chi connectivity index (χ1n) is 7.37. The molecule has 120 valence electrons. The number of amides is 1. The third kappa shape index (κ3) is 3.93. The number of hydrogen-bond acceptors (Lipinski definition) is 4. The van der Waals surface area contributed by atoms with Crippen molar-refractivity contribution in [2.75, 3.05) is 21.3 Å². The monoisotopic (exact) mass is 305 g/mol. The molecule has 0 saturated heterocycles. The Kier molecular flexibility index (Phi) is 5.31. The lowest BCUT2D eigenvalue weighted by Gasteiger charge is -2.13. The van der Waals surface area contributed by atoms with Crippen LogP contribution < -0.4 is 19.5 Å². The number of hydrogen-bond donors (Lipinski definition) is 1. The molecule has 0 aromatic heterocycles. The molecule has 1 aliphatic rings. The van der Waals surface area contributed by atoms with Crippen LogP contribution in [0.3, 0.4) is 0 Å². The van der Waals surface area contributed by atoms with Crippen molar-refractivity contribution >= 4 is 12.0 Å². The summed E-state index contributed by atoms with van der Waals surface area (Å²) in [5, 5.41) is 2.98. The fourth-order valence-corrected chi connectivity index (χ4v) is 2.36. The van der Waals surface area contributed by atoms with Gasteiger partial charge in [-0.15, -0.1) is 0 Å². The van der Waals surface area contributed by atoms with E-state index in [1.807, 2.05) is 6.92 Å². The lowest BCUT2D eigenvalue weighted by atomic mass is 10.1. The van der Waals surface area contributed by atoms with Gasteiger partial charge < -0.3 is 19.5 Å². The SMILES string of the molecule is COc1cc(/C=C/C(=O)N[C@H](C)C2CC2)cc(OC)c1OC. The summed E-state index contributed by atoms with van der Waals surface area (Å²) in [5.74, 6) is 2.21. The lowest BCUT2D eigenvalue weighted by molar-refractivity contribution is -0.117. The van der Waals surface area contributed by atoms with Crippen LogP contribution in [0.5, 0.6) is 17.2 Å². The number of carbonyl (C=O) groups excluding carboxylic acids is 1. The maximum Gasteiger partial charge on any atom is 0.244 e. The average Bonchev–Trinajstić information content (AvgIpc) is 3.36. The molecule has 1 fully saturated rings. The molecule has 0 heterocycles. The van der Waals surface area contributed by atoms with Gasteiger partial charge in [0, 0.05) is 12.1 Å². The highest BCUT2D eigenvalue weighted by Gasteiger charge is 2.28. The Bertz CT molecular complexity index is 539. The first-order chi connectivity index (χ1) is 10.6. The number of methoxy groups -OCH3 is 3. The molecule has 1 atom stereocenters. The van der Waals surface area contributed by atoms with Crippen molar-refractivity contribution < 1.29 is 19.0 Å². The molecule has 1 saturated carbocycles. The molecule has 1 aromatic rings. The van der Waals surface area contributed by atoms with Gasteiger partial charge in [-0.2, -0.15) is 0 Å². The van der Waals surface area contributed by atoms with Gasteiger partial charge in [0.15, 0.2) is 11.5 Å². The molecule has 1 aliphatic carbocycles. The van der Waals surface area contributed by atoms with Crippen LogP contribution >= 0.6 is 0 Å². The zero-order valence-corrected chi connectivity index (χ0v) is 13.5. The van der Waals surface area contributed by atoms with E-state index in [9.17, 15) is 4.79 Å². The summed E-state index contributed by atoms with van der Waals surface area (Å²) in [5.41, 5.74) is 0.809. The van der Waals surface area contributed by atoms with Crippen LogP contribution in [-0.4, -0.2) is 33.3 Å². The van der Waals surface area contributed by atoms with Crippen molar-refractivity contribution in [2.24, 2.45) is 5.92 Å². The third-order valence-electron chi connectivity index (χ3n) is 3.81. The van der Waals surface area contributed by atoms with Gasteiger partial charge in [-0.25, -0.2) is 0 Å². The average molecular weight is 305 g/mol. The molecule has 0 unspecified atom stereocenters. The Morgan fingerprint density at radius 3 is 2.23 bits per heavy atom. The van der Waals surface area contributed by atoms with Crippen molar-refractivity contribution in [1.82, 2.24) is 5.32 Å². The van der Waals surface area contributed by atoms with Gasteiger partial charge in [0.25, 0.3) is 0 Å². The Hall–Kier alpha value is -2.17. The number of carbonyl (C=O) groups is 1. The van der Waals surface area contributed by atoms with Gasteiger partial charge in [0.1, 0.15) is 0 Å². The van der Waals surface area contributed by atoms with Crippen molar-refractivity contribution in [2.45, 2.75) is 25.8 Å². The van der Waals surface area contributed by atoms with Gasteiger partial charge in [-0.1, -0.05) is 0 Å². The largest absolute Gasteiger partial charge is 0.493 e. The Morgan fingerprint density at radius 1 is 1.18 bits per heavy atom. The van der Waals surface area contributed by atoms with Crippen molar-refractivity contribution in [3.8, 4) is 17.2 Å². The summed E-state index contributed by atoms with van der Waals surface area (Å²) in [7, 11) is 4.69. The number of rotatable bonds is 7. The van der Waals surface area contributed by atoms with Crippen LogP contribution in [0.4, 0.5) is 0 Å². The van der Waals surface area contributed by atoms with E-state index >= 15 is 0 Å². The minimum Gasteiger partial charge on any atom is -0.493 e. The van der Waals surface area contributed by atoms with Crippen LogP contribution in [0.15, 0.2) is 18.2 Å². The minimum absolute atomic E-state index is 0.0897. The zero-order chi connectivity index (χ0) is 16.1. The second-order valence-electron chi connectivity index (χ2n) is 5.43. The first kappa shape index (κ1) is 16.2. The Labute approximate surface area is 131 Å². The summed E-state index contributed by atoms with van der Waals surface area (Å²) >= 11 is 0. The van der Waals surface area contributed by atoms with Gasteiger partial charge in [-0.05, 0) is 49.5 Å². The van der Waals surface area contributed by atoms with Gasteiger partial charge in [0.2, 0.25) is 11.7 Å². The molecule has 5 nitrogen and oxygen atoms in total. The van der Waals surface area contributed by atoms with E-state index in [1.54, 1.807) is 39.5 Å². The highest BCUT2D eigenvalue weighted by molar-refractivity contribution is 5.92. The molecule has 0 bridgehead atoms. The Balaban J connectivity index is 2.10. The van der Waals surface area contributed by atoms with E-state index < -0.39 is 0 Å². The fourth-order valence-electron chi connectivity index (χ4n) is 2.36. The summed E-state index contributed by atoms with van der Waals surface area (Å²) in [6, 6.07) is 3.84. The molecule has 0 radical (unpaired) electrons. The predicted octanol–water partition coefficient (Wildman–Crippen LogP) is 2.64. The second kappa shape index (κ2) is 7.20. The van der Waals surface area contributed by atoms with E-state index in [0.717, 1.165) is 5.56 Å². The molecular formula is C17H23NO4. The molecule has 5 heteroatoms. The third-order valence-corrected chi connectivity index (χ3v) is 3.81. The molecule has 1 amide bonds. The van der Waals surface area contributed by atoms with E-state index in [-0.39, 0.29) is 11.9 Å². The van der Waals surface area contributed by atoms with Gasteiger partial charge in [0.05, 0.1) is 21.3 Å². The molecule has 0 spiro atoms. The standard InChI is InChI=1S/C17H23NO4/c1-11(13-6-7-13)18-16(19)8-5-12-9-14(20-2)17(22-4)15(10-12)21-3/h5,8-11,13H,6-7H2,1-4H3,(H,18,19)/b8-5+/t11-/m1/s1. The van der Waals surface area contributed by atoms with Crippen molar-refractivity contribution in [3.63, 3.8) is 0 Å². The van der Waals surface area contributed by atoms with Gasteiger partial charge in [-0.3, -0.25) is 4.79 Å².